The summed E-state index contributed by atoms with van der Waals surface area (Å²) in [5, 5.41) is 6.79. The zero-order chi connectivity index (χ0) is 15.5. The molecule has 1 saturated carbocycles. The summed E-state index contributed by atoms with van der Waals surface area (Å²) in [6.07, 6.45) is 3.96. The molecule has 0 amide bonds. The van der Waals surface area contributed by atoms with Gasteiger partial charge in [0.05, 0.1) is 5.69 Å². The van der Waals surface area contributed by atoms with Crippen LogP contribution >= 0.6 is 11.3 Å². The van der Waals surface area contributed by atoms with Gasteiger partial charge in [-0.05, 0) is 45.8 Å². The maximum absolute atomic E-state index is 4.77. The quantitative estimate of drug-likeness (QED) is 0.800. The van der Waals surface area contributed by atoms with Gasteiger partial charge >= 0.3 is 0 Å². The Bertz CT molecular complexity index is 437. The van der Waals surface area contributed by atoms with Gasteiger partial charge in [0.15, 0.2) is 5.13 Å². The van der Waals surface area contributed by atoms with Crippen LogP contribution in [0.25, 0.3) is 0 Å². The molecule has 1 aliphatic rings. The molecule has 0 saturated heterocycles. The van der Waals surface area contributed by atoms with Gasteiger partial charge in [-0.1, -0.05) is 13.8 Å². The van der Waals surface area contributed by atoms with E-state index in [-0.39, 0.29) is 0 Å². The highest BCUT2D eigenvalue weighted by atomic mass is 32.1. The second kappa shape index (κ2) is 7.07. The topological polar surface area (TPSA) is 31.4 Å². The van der Waals surface area contributed by atoms with Gasteiger partial charge in [-0.3, -0.25) is 0 Å². The number of anilines is 1. The van der Waals surface area contributed by atoms with Gasteiger partial charge in [0.25, 0.3) is 0 Å². The average molecular weight is 311 g/mol. The fraction of sp³-hybridized carbons (Fsp3) is 0.812. The monoisotopic (exact) mass is 310 g/mol. The molecule has 0 unspecified atom stereocenters. The molecular weight excluding hydrogens is 280 g/mol. The molecule has 0 aliphatic heterocycles. The van der Waals surface area contributed by atoms with E-state index in [0.717, 1.165) is 30.5 Å². The summed E-state index contributed by atoms with van der Waals surface area (Å²) in [5.74, 6) is 0.685. The van der Waals surface area contributed by atoms with E-state index in [0.29, 0.717) is 11.5 Å². The molecule has 1 aromatic heterocycles. The van der Waals surface area contributed by atoms with Crippen molar-refractivity contribution in [3.8, 4) is 0 Å². The van der Waals surface area contributed by atoms with E-state index in [1.807, 2.05) is 0 Å². The Labute approximate surface area is 133 Å². The SMILES string of the molecule is CC(C)CNCc1csc(N(C)CC2(N(C)C)CCC2)n1. The van der Waals surface area contributed by atoms with Crippen molar-refractivity contribution in [2.45, 2.75) is 45.2 Å². The van der Waals surface area contributed by atoms with Crippen LogP contribution in [-0.4, -0.2) is 49.7 Å². The molecule has 0 aromatic carbocycles. The first kappa shape index (κ1) is 16.7. The molecule has 1 N–H and O–H groups in total. The van der Waals surface area contributed by atoms with Crippen LogP contribution < -0.4 is 10.2 Å². The van der Waals surface area contributed by atoms with E-state index in [2.05, 4.69) is 55.5 Å². The highest BCUT2D eigenvalue weighted by Gasteiger charge is 2.40. The van der Waals surface area contributed by atoms with Crippen LogP contribution in [-0.2, 0) is 6.54 Å². The van der Waals surface area contributed by atoms with Gasteiger partial charge in [0.2, 0.25) is 0 Å². The van der Waals surface area contributed by atoms with E-state index in [4.69, 9.17) is 4.98 Å². The Hall–Kier alpha value is -0.650. The van der Waals surface area contributed by atoms with Crippen molar-refractivity contribution in [1.82, 2.24) is 15.2 Å². The standard InChI is InChI=1S/C16H30N4S/c1-13(2)9-17-10-14-11-21-15(18-14)20(5)12-16(19(3)4)7-6-8-16/h11,13,17H,6-10,12H2,1-5H3. The second-order valence-electron chi connectivity index (χ2n) is 6.97. The Morgan fingerprint density at radius 3 is 2.57 bits per heavy atom. The fourth-order valence-electron chi connectivity index (χ4n) is 2.88. The van der Waals surface area contributed by atoms with Crippen LogP contribution in [0.4, 0.5) is 5.13 Å². The zero-order valence-corrected chi connectivity index (χ0v) is 15.0. The van der Waals surface area contributed by atoms with Crippen molar-refractivity contribution in [3.05, 3.63) is 11.1 Å². The number of hydrogen-bond acceptors (Lipinski definition) is 5. The number of likely N-dealkylation sites (N-methyl/N-ethyl adjacent to an activating group) is 2. The minimum atomic E-state index is 0.358. The Balaban J connectivity index is 1.88. The molecule has 120 valence electrons. The molecule has 1 aromatic rings. The van der Waals surface area contributed by atoms with Crippen molar-refractivity contribution in [3.63, 3.8) is 0 Å². The van der Waals surface area contributed by atoms with Crippen LogP contribution in [0.2, 0.25) is 0 Å². The highest BCUT2D eigenvalue weighted by molar-refractivity contribution is 7.13. The smallest absolute Gasteiger partial charge is 0.185 e. The molecule has 0 radical (unpaired) electrons. The predicted molar refractivity (Wildman–Crippen MR) is 92.2 cm³/mol. The van der Waals surface area contributed by atoms with E-state index in [9.17, 15) is 0 Å². The lowest BCUT2D eigenvalue weighted by atomic mass is 9.75. The molecule has 21 heavy (non-hydrogen) atoms. The molecule has 5 heteroatoms. The van der Waals surface area contributed by atoms with Gasteiger partial charge in [-0.15, -0.1) is 11.3 Å². The largest absolute Gasteiger partial charge is 0.349 e. The van der Waals surface area contributed by atoms with Crippen LogP contribution in [0, 0.1) is 5.92 Å². The maximum atomic E-state index is 4.77. The normalized spacial score (nSPS) is 17.3. The lowest BCUT2D eigenvalue weighted by Crippen LogP contribution is -2.56. The van der Waals surface area contributed by atoms with E-state index in [1.54, 1.807) is 11.3 Å². The summed E-state index contributed by atoms with van der Waals surface area (Å²) in [6, 6.07) is 0. The Morgan fingerprint density at radius 1 is 1.33 bits per heavy atom. The summed E-state index contributed by atoms with van der Waals surface area (Å²) in [5.41, 5.74) is 1.52. The molecule has 1 aliphatic carbocycles. The molecule has 1 fully saturated rings. The third kappa shape index (κ3) is 4.18. The molecule has 2 rings (SSSR count). The van der Waals surface area contributed by atoms with Crippen molar-refractivity contribution in [2.75, 3.05) is 39.1 Å². The minimum Gasteiger partial charge on any atom is -0.349 e. The van der Waals surface area contributed by atoms with Crippen molar-refractivity contribution in [1.29, 1.82) is 0 Å². The molecule has 0 bridgehead atoms. The number of thiazole rings is 1. The van der Waals surface area contributed by atoms with Gasteiger partial charge < -0.3 is 15.1 Å². The summed E-state index contributed by atoms with van der Waals surface area (Å²) >= 11 is 1.76. The Morgan fingerprint density at radius 2 is 2.05 bits per heavy atom. The van der Waals surface area contributed by atoms with Crippen LogP contribution in [0.3, 0.4) is 0 Å². The van der Waals surface area contributed by atoms with Crippen LogP contribution in [0.1, 0.15) is 38.8 Å². The minimum absolute atomic E-state index is 0.358. The molecule has 0 atom stereocenters. The number of hydrogen-bond donors (Lipinski definition) is 1. The van der Waals surface area contributed by atoms with Crippen molar-refractivity contribution in [2.24, 2.45) is 5.92 Å². The average Bonchev–Trinajstić information content (AvgIpc) is 2.81. The number of nitrogens with one attached hydrogen (secondary N) is 1. The zero-order valence-electron chi connectivity index (χ0n) is 14.1. The lowest BCUT2D eigenvalue weighted by Gasteiger charge is -2.49. The van der Waals surface area contributed by atoms with Gasteiger partial charge in [-0.25, -0.2) is 4.98 Å². The van der Waals surface area contributed by atoms with Gasteiger partial charge in [0.1, 0.15) is 0 Å². The first-order valence-electron chi connectivity index (χ1n) is 7.97. The summed E-state index contributed by atoms with van der Waals surface area (Å²) in [6.45, 7) is 7.46. The van der Waals surface area contributed by atoms with E-state index >= 15 is 0 Å². The van der Waals surface area contributed by atoms with E-state index < -0.39 is 0 Å². The molecule has 1 heterocycles. The number of nitrogens with zero attached hydrogens (tertiary/aromatic N) is 3. The van der Waals surface area contributed by atoms with Crippen molar-refractivity contribution < 1.29 is 0 Å². The molecule has 0 spiro atoms. The Kier molecular flexibility index (Phi) is 5.63. The molecule has 4 nitrogen and oxygen atoms in total. The van der Waals surface area contributed by atoms with Crippen LogP contribution in [0.5, 0.6) is 0 Å². The first-order valence-corrected chi connectivity index (χ1v) is 8.84. The summed E-state index contributed by atoms with van der Waals surface area (Å²) in [4.78, 5) is 9.50. The number of rotatable bonds is 8. The summed E-state index contributed by atoms with van der Waals surface area (Å²) in [7, 11) is 6.58. The van der Waals surface area contributed by atoms with Gasteiger partial charge in [0, 0.05) is 31.1 Å². The van der Waals surface area contributed by atoms with Gasteiger partial charge in [-0.2, -0.15) is 0 Å². The third-order valence-electron chi connectivity index (χ3n) is 4.49. The predicted octanol–water partition coefficient (Wildman–Crippen LogP) is 2.81. The second-order valence-corrected chi connectivity index (χ2v) is 7.81. The van der Waals surface area contributed by atoms with Crippen molar-refractivity contribution >= 4 is 16.5 Å². The number of aromatic nitrogens is 1. The highest BCUT2D eigenvalue weighted by Crippen LogP contribution is 2.37. The van der Waals surface area contributed by atoms with E-state index in [1.165, 1.54) is 19.3 Å². The third-order valence-corrected chi connectivity index (χ3v) is 5.49. The maximum Gasteiger partial charge on any atom is 0.185 e. The summed E-state index contributed by atoms with van der Waals surface area (Å²) < 4.78 is 0. The lowest BCUT2D eigenvalue weighted by molar-refractivity contribution is 0.0683. The first-order chi connectivity index (χ1) is 9.93. The fourth-order valence-corrected chi connectivity index (χ4v) is 3.67. The van der Waals surface area contributed by atoms with Crippen LogP contribution in [0.15, 0.2) is 5.38 Å². The molecular formula is C16H30N4S.